The highest BCUT2D eigenvalue weighted by atomic mass is 16.4. The van der Waals surface area contributed by atoms with Gasteiger partial charge in [-0.15, -0.1) is 0 Å². The molecule has 0 aromatic rings. The van der Waals surface area contributed by atoms with E-state index in [2.05, 4.69) is 24.5 Å². The van der Waals surface area contributed by atoms with Crippen LogP contribution in [-0.4, -0.2) is 35.1 Å². The molecule has 1 saturated carbocycles. The maximum absolute atomic E-state index is 11.8. The summed E-state index contributed by atoms with van der Waals surface area (Å²) >= 11 is 0. The zero-order valence-corrected chi connectivity index (χ0v) is 11.9. The van der Waals surface area contributed by atoms with E-state index in [4.69, 9.17) is 10.8 Å². The van der Waals surface area contributed by atoms with Crippen LogP contribution in [0.4, 0.5) is 4.79 Å². The van der Waals surface area contributed by atoms with E-state index in [1.165, 1.54) is 0 Å². The molecule has 1 rings (SSSR count). The van der Waals surface area contributed by atoms with Crippen molar-refractivity contribution in [1.82, 2.24) is 10.6 Å². The molecule has 7 heteroatoms. The van der Waals surface area contributed by atoms with Gasteiger partial charge in [-0.3, -0.25) is 4.79 Å². The van der Waals surface area contributed by atoms with Crippen molar-refractivity contribution in [3.8, 4) is 0 Å². The molecule has 1 aliphatic rings. The molecule has 5 N–H and O–H groups in total. The van der Waals surface area contributed by atoms with Gasteiger partial charge in [0.25, 0.3) is 0 Å². The summed E-state index contributed by atoms with van der Waals surface area (Å²) in [5, 5.41) is 14.2. The van der Waals surface area contributed by atoms with Crippen molar-refractivity contribution in [3.05, 3.63) is 0 Å². The van der Waals surface area contributed by atoms with Crippen molar-refractivity contribution in [2.75, 3.05) is 0 Å². The maximum Gasteiger partial charge on any atom is 0.326 e. The predicted molar refractivity (Wildman–Crippen MR) is 72.9 cm³/mol. The van der Waals surface area contributed by atoms with Gasteiger partial charge in [0.2, 0.25) is 5.91 Å². The summed E-state index contributed by atoms with van der Waals surface area (Å²) in [5.41, 5.74) is 4.98. The van der Waals surface area contributed by atoms with E-state index in [0.29, 0.717) is 11.8 Å². The van der Waals surface area contributed by atoms with Crippen LogP contribution in [0.2, 0.25) is 0 Å². The van der Waals surface area contributed by atoms with Gasteiger partial charge in [0, 0.05) is 12.5 Å². The van der Waals surface area contributed by atoms with E-state index >= 15 is 0 Å². The molecule has 0 heterocycles. The molecule has 7 nitrogen and oxygen atoms in total. The molecule has 1 fully saturated rings. The fourth-order valence-electron chi connectivity index (χ4n) is 2.48. The van der Waals surface area contributed by atoms with Gasteiger partial charge >= 0.3 is 12.0 Å². The van der Waals surface area contributed by atoms with Gasteiger partial charge in [0.05, 0.1) is 0 Å². The molecule has 1 aliphatic carbocycles. The minimum atomic E-state index is -1.17. The van der Waals surface area contributed by atoms with Gasteiger partial charge < -0.3 is 21.5 Å². The van der Waals surface area contributed by atoms with Crippen LogP contribution in [0.25, 0.3) is 0 Å². The average molecular weight is 285 g/mol. The van der Waals surface area contributed by atoms with Crippen molar-refractivity contribution in [1.29, 1.82) is 0 Å². The highest BCUT2D eigenvalue weighted by Crippen LogP contribution is 2.30. The zero-order chi connectivity index (χ0) is 15.3. The summed E-state index contributed by atoms with van der Waals surface area (Å²) < 4.78 is 0. The smallest absolute Gasteiger partial charge is 0.326 e. The van der Waals surface area contributed by atoms with Gasteiger partial charge in [-0.1, -0.05) is 13.8 Å². The first-order valence-electron chi connectivity index (χ1n) is 6.89. The molecule has 0 saturated heterocycles. The topological polar surface area (TPSA) is 122 Å². The normalized spacial score (nSPS) is 26.8. The molecule has 0 radical (unpaired) electrons. The minimum absolute atomic E-state index is 0.00525. The van der Waals surface area contributed by atoms with Crippen molar-refractivity contribution in [2.24, 2.45) is 17.6 Å². The number of hydrogen-bond acceptors (Lipinski definition) is 3. The van der Waals surface area contributed by atoms with Crippen LogP contribution in [0.15, 0.2) is 0 Å². The summed E-state index contributed by atoms with van der Waals surface area (Å²) in [5.74, 6) is -0.842. The van der Waals surface area contributed by atoms with Crippen molar-refractivity contribution in [3.63, 3.8) is 0 Å². The first-order valence-corrected chi connectivity index (χ1v) is 6.89. The van der Waals surface area contributed by atoms with Crippen LogP contribution in [0.1, 0.15) is 39.5 Å². The number of carbonyl (C=O) groups is 3. The molecule has 114 valence electrons. The van der Waals surface area contributed by atoms with E-state index in [1.807, 2.05) is 0 Å². The third kappa shape index (κ3) is 4.71. The molecule has 20 heavy (non-hydrogen) atoms. The van der Waals surface area contributed by atoms with E-state index in [-0.39, 0.29) is 18.9 Å². The van der Waals surface area contributed by atoms with Crippen LogP contribution >= 0.6 is 0 Å². The first kappa shape index (κ1) is 16.3. The van der Waals surface area contributed by atoms with Crippen LogP contribution in [0.5, 0.6) is 0 Å². The number of hydrogen-bond donors (Lipinski definition) is 4. The largest absolute Gasteiger partial charge is 0.480 e. The molecule has 0 aliphatic heterocycles. The number of aliphatic carboxylic acids is 1. The number of carboxylic acid groups (broad SMARTS) is 1. The summed E-state index contributed by atoms with van der Waals surface area (Å²) in [6.07, 6.45) is 1.87. The Hall–Kier alpha value is -1.79. The third-order valence-electron chi connectivity index (χ3n) is 4.06. The quantitative estimate of drug-likeness (QED) is 0.565. The van der Waals surface area contributed by atoms with Crippen LogP contribution in [0, 0.1) is 11.8 Å². The summed E-state index contributed by atoms with van der Waals surface area (Å²) in [7, 11) is 0. The number of urea groups is 1. The average Bonchev–Trinajstić information content (AvgIpc) is 2.65. The Balaban J connectivity index is 2.45. The van der Waals surface area contributed by atoms with Crippen LogP contribution in [-0.2, 0) is 9.59 Å². The number of nitrogens with one attached hydrogen (secondary N) is 2. The lowest BCUT2D eigenvalue weighted by Crippen LogP contribution is -2.50. The molecule has 0 aromatic carbocycles. The van der Waals surface area contributed by atoms with Gasteiger partial charge in [0.15, 0.2) is 0 Å². The maximum atomic E-state index is 11.8. The van der Waals surface area contributed by atoms with Crippen LogP contribution in [0.3, 0.4) is 0 Å². The molecule has 0 bridgehead atoms. The number of rotatable bonds is 6. The zero-order valence-electron chi connectivity index (χ0n) is 11.9. The molecular weight excluding hydrogens is 262 g/mol. The Morgan fingerprint density at radius 3 is 2.40 bits per heavy atom. The first-order chi connectivity index (χ1) is 9.31. The summed E-state index contributed by atoms with van der Waals surface area (Å²) in [6.45, 7) is 4.21. The third-order valence-corrected chi connectivity index (χ3v) is 4.06. The Kier molecular flexibility index (Phi) is 5.79. The van der Waals surface area contributed by atoms with E-state index in [9.17, 15) is 14.4 Å². The molecule has 4 unspecified atom stereocenters. The fraction of sp³-hybridized carbons (Fsp3) is 0.769. The van der Waals surface area contributed by atoms with Gasteiger partial charge in [0.1, 0.15) is 6.04 Å². The van der Waals surface area contributed by atoms with E-state index in [0.717, 1.165) is 12.8 Å². The lowest BCUT2D eigenvalue weighted by molar-refractivity contribution is -0.139. The van der Waals surface area contributed by atoms with Crippen molar-refractivity contribution in [2.45, 2.75) is 51.6 Å². The Labute approximate surface area is 118 Å². The lowest BCUT2D eigenvalue weighted by Gasteiger charge is -2.21. The van der Waals surface area contributed by atoms with Gasteiger partial charge in [-0.2, -0.15) is 0 Å². The second-order valence-electron chi connectivity index (χ2n) is 5.53. The molecule has 4 atom stereocenters. The van der Waals surface area contributed by atoms with Gasteiger partial charge in [-0.05, 0) is 31.1 Å². The number of carboxylic acids is 1. The Morgan fingerprint density at radius 1 is 1.30 bits per heavy atom. The lowest BCUT2D eigenvalue weighted by atomic mass is 9.98. The molecule has 0 aromatic heterocycles. The van der Waals surface area contributed by atoms with E-state index in [1.54, 1.807) is 0 Å². The fourth-order valence-corrected chi connectivity index (χ4v) is 2.48. The second-order valence-corrected chi connectivity index (χ2v) is 5.53. The second kappa shape index (κ2) is 7.12. The number of nitrogens with two attached hydrogens (primary N) is 1. The molecular formula is C13H23N3O4. The highest BCUT2D eigenvalue weighted by molar-refractivity contribution is 5.83. The van der Waals surface area contributed by atoms with Crippen LogP contribution < -0.4 is 16.4 Å². The molecule has 0 spiro atoms. The molecule has 3 amide bonds. The van der Waals surface area contributed by atoms with E-state index < -0.39 is 23.9 Å². The Bertz CT molecular complexity index is 386. The van der Waals surface area contributed by atoms with Crippen molar-refractivity contribution >= 4 is 17.9 Å². The number of amides is 3. The monoisotopic (exact) mass is 285 g/mol. The Morgan fingerprint density at radius 2 is 1.95 bits per heavy atom. The highest BCUT2D eigenvalue weighted by Gasteiger charge is 2.31. The van der Waals surface area contributed by atoms with Crippen molar-refractivity contribution < 1.29 is 19.5 Å². The number of carbonyl (C=O) groups excluding carboxylic acids is 2. The standard InChI is InChI=1S/C13H23N3O4/c1-7-3-4-9(8(7)2)15-13(20)16-10(12(18)19)5-6-11(14)17/h7-10H,3-6H2,1-2H3,(H2,14,17)(H,18,19)(H2,15,16,20). The SMILES string of the molecule is CC1CCC(NC(=O)NC(CCC(N)=O)C(=O)O)C1C. The minimum Gasteiger partial charge on any atom is -0.480 e. The number of primary amides is 1. The summed E-state index contributed by atoms with van der Waals surface area (Å²) in [4.78, 5) is 33.5. The predicted octanol–water partition coefficient (Wildman–Crippen LogP) is 0.439. The summed E-state index contributed by atoms with van der Waals surface area (Å²) in [6, 6.07) is -1.54. The van der Waals surface area contributed by atoms with Gasteiger partial charge in [-0.25, -0.2) is 9.59 Å².